The highest BCUT2D eigenvalue weighted by atomic mass is 16.5. The second kappa shape index (κ2) is 5.64. The zero-order valence-corrected chi connectivity index (χ0v) is 11.2. The van der Waals surface area contributed by atoms with Crippen molar-refractivity contribution in [2.45, 2.75) is 0 Å². The molecule has 0 unspecified atom stereocenters. The lowest BCUT2D eigenvalue weighted by Crippen LogP contribution is -1.98. The van der Waals surface area contributed by atoms with E-state index < -0.39 is 57.6 Å². The SMILES string of the molecule is O=C(O)c1cc(O)c(Oc2c(O)cc(C(=O)O)cc2O)c(O)c1. The van der Waals surface area contributed by atoms with E-state index in [1.807, 2.05) is 0 Å². The Morgan fingerprint density at radius 1 is 0.652 bits per heavy atom. The lowest BCUT2D eigenvalue weighted by atomic mass is 10.1. The Morgan fingerprint density at radius 2 is 0.913 bits per heavy atom. The van der Waals surface area contributed by atoms with Crippen molar-refractivity contribution in [3.8, 4) is 34.5 Å². The highest BCUT2D eigenvalue weighted by molar-refractivity contribution is 5.90. The molecule has 6 N–H and O–H groups in total. The Kier molecular flexibility index (Phi) is 3.86. The second-order valence-electron chi connectivity index (χ2n) is 4.40. The fourth-order valence-corrected chi connectivity index (χ4v) is 1.76. The van der Waals surface area contributed by atoms with Crippen LogP contribution in [-0.2, 0) is 0 Å². The van der Waals surface area contributed by atoms with Gasteiger partial charge in [-0.05, 0) is 24.3 Å². The normalized spacial score (nSPS) is 10.3. The molecule has 0 aliphatic carbocycles. The van der Waals surface area contributed by atoms with Gasteiger partial charge in [-0.15, -0.1) is 0 Å². The highest BCUT2D eigenvalue weighted by Gasteiger charge is 2.20. The number of hydrogen-bond acceptors (Lipinski definition) is 7. The third kappa shape index (κ3) is 3.02. The minimum atomic E-state index is -1.40. The van der Waals surface area contributed by atoms with Gasteiger partial charge >= 0.3 is 11.9 Å². The molecule has 0 fully saturated rings. The lowest BCUT2D eigenvalue weighted by molar-refractivity contribution is 0.0685. The van der Waals surface area contributed by atoms with Gasteiger partial charge in [0, 0.05) is 0 Å². The van der Waals surface area contributed by atoms with Crippen molar-refractivity contribution in [3.63, 3.8) is 0 Å². The number of phenols is 4. The molecule has 0 amide bonds. The molecular formula is C14H10O9. The van der Waals surface area contributed by atoms with E-state index in [4.69, 9.17) is 14.9 Å². The summed E-state index contributed by atoms with van der Waals surface area (Å²) in [6, 6.07) is 3.16. The molecule has 0 aliphatic rings. The van der Waals surface area contributed by atoms with Gasteiger partial charge in [0.05, 0.1) is 11.1 Å². The number of carboxylic acid groups (broad SMARTS) is 2. The first-order valence-electron chi connectivity index (χ1n) is 5.97. The average Bonchev–Trinajstić information content (AvgIpc) is 2.44. The predicted molar refractivity (Wildman–Crippen MR) is 73.5 cm³/mol. The molecule has 23 heavy (non-hydrogen) atoms. The summed E-state index contributed by atoms with van der Waals surface area (Å²) in [7, 11) is 0. The standard InChI is InChI=1S/C14H10O9/c15-7-1-5(13(19)20)2-8(16)11(7)23-12-9(17)3-6(14(21)22)4-10(12)18/h1-4,15-18H,(H,19,20)(H,21,22). The van der Waals surface area contributed by atoms with Crippen LogP contribution in [0.5, 0.6) is 34.5 Å². The van der Waals surface area contributed by atoms with E-state index in [1.54, 1.807) is 0 Å². The zero-order chi connectivity index (χ0) is 17.3. The molecule has 0 heterocycles. The number of rotatable bonds is 4. The fraction of sp³-hybridized carbons (Fsp3) is 0. The van der Waals surface area contributed by atoms with Crippen molar-refractivity contribution in [1.82, 2.24) is 0 Å². The van der Waals surface area contributed by atoms with Crippen LogP contribution in [0, 0.1) is 0 Å². The van der Waals surface area contributed by atoms with Crippen LogP contribution >= 0.6 is 0 Å². The van der Waals surface area contributed by atoms with E-state index in [0.29, 0.717) is 0 Å². The smallest absolute Gasteiger partial charge is 0.335 e. The maximum Gasteiger partial charge on any atom is 0.335 e. The van der Waals surface area contributed by atoms with Crippen LogP contribution in [0.2, 0.25) is 0 Å². The number of carboxylic acids is 2. The topological polar surface area (TPSA) is 165 Å². The molecule has 9 nitrogen and oxygen atoms in total. The van der Waals surface area contributed by atoms with Gasteiger partial charge in [-0.2, -0.15) is 0 Å². The molecular weight excluding hydrogens is 312 g/mol. The summed E-state index contributed by atoms with van der Waals surface area (Å²) < 4.78 is 4.99. The van der Waals surface area contributed by atoms with Crippen LogP contribution in [0.4, 0.5) is 0 Å². The van der Waals surface area contributed by atoms with E-state index >= 15 is 0 Å². The third-order valence-corrected chi connectivity index (χ3v) is 2.80. The van der Waals surface area contributed by atoms with Crippen molar-refractivity contribution >= 4 is 11.9 Å². The monoisotopic (exact) mass is 322 g/mol. The molecule has 0 saturated carbocycles. The van der Waals surface area contributed by atoms with Gasteiger partial charge in [0.1, 0.15) is 0 Å². The summed E-state index contributed by atoms with van der Waals surface area (Å²) in [6.07, 6.45) is 0. The summed E-state index contributed by atoms with van der Waals surface area (Å²) >= 11 is 0. The molecule has 2 aromatic rings. The van der Waals surface area contributed by atoms with Crippen molar-refractivity contribution in [1.29, 1.82) is 0 Å². The first-order valence-corrected chi connectivity index (χ1v) is 5.97. The van der Waals surface area contributed by atoms with Crippen LogP contribution in [0.15, 0.2) is 24.3 Å². The van der Waals surface area contributed by atoms with Gasteiger partial charge in [0.15, 0.2) is 23.0 Å². The summed E-state index contributed by atoms with van der Waals surface area (Å²) in [5.74, 6) is -7.09. The maximum absolute atomic E-state index is 10.8. The van der Waals surface area contributed by atoms with E-state index in [0.717, 1.165) is 24.3 Å². The van der Waals surface area contributed by atoms with E-state index in [1.165, 1.54) is 0 Å². The summed E-state index contributed by atoms with van der Waals surface area (Å²) in [4.78, 5) is 21.6. The molecule has 2 aromatic carbocycles. The number of ether oxygens (including phenoxy) is 1. The summed E-state index contributed by atoms with van der Waals surface area (Å²) in [5.41, 5.74) is -0.830. The van der Waals surface area contributed by atoms with Crippen molar-refractivity contribution < 1.29 is 45.0 Å². The minimum absolute atomic E-state index is 0.415. The molecule has 2 rings (SSSR count). The predicted octanol–water partition coefficient (Wildman–Crippen LogP) is 1.70. The van der Waals surface area contributed by atoms with Gasteiger partial charge in [-0.1, -0.05) is 0 Å². The molecule has 0 saturated heterocycles. The van der Waals surface area contributed by atoms with Crippen molar-refractivity contribution in [2.24, 2.45) is 0 Å². The fourth-order valence-electron chi connectivity index (χ4n) is 1.76. The number of carbonyl (C=O) groups is 2. The molecule has 0 aromatic heterocycles. The number of phenolic OH excluding ortho intramolecular Hbond substituents is 4. The van der Waals surface area contributed by atoms with Crippen LogP contribution < -0.4 is 4.74 Å². The number of benzene rings is 2. The van der Waals surface area contributed by atoms with Crippen LogP contribution in [0.3, 0.4) is 0 Å². The molecule has 0 spiro atoms. The van der Waals surface area contributed by atoms with Gasteiger partial charge < -0.3 is 35.4 Å². The van der Waals surface area contributed by atoms with Gasteiger partial charge in [-0.25, -0.2) is 9.59 Å². The van der Waals surface area contributed by atoms with Gasteiger partial charge in [0.2, 0.25) is 11.5 Å². The number of hydrogen-bond donors (Lipinski definition) is 6. The molecule has 0 radical (unpaired) electrons. The lowest BCUT2D eigenvalue weighted by Gasteiger charge is -2.13. The first-order chi connectivity index (χ1) is 10.7. The molecule has 0 atom stereocenters. The van der Waals surface area contributed by atoms with Crippen LogP contribution in [0.25, 0.3) is 0 Å². The average molecular weight is 322 g/mol. The van der Waals surface area contributed by atoms with Gasteiger partial charge in [-0.3, -0.25) is 0 Å². The van der Waals surface area contributed by atoms with Crippen LogP contribution in [0.1, 0.15) is 20.7 Å². The number of aromatic carboxylic acids is 2. The van der Waals surface area contributed by atoms with Crippen LogP contribution in [-0.4, -0.2) is 42.6 Å². The second-order valence-corrected chi connectivity index (χ2v) is 4.40. The largest absolute Gasteiger partial charge is 0.504 e. The quantitative estimate of drug-likeness (QED) is 0.491. The van der Waals surface area contributed by atoms with E-state index in [9.17, 15) is 30.0 Å². The molecule has 0 aliphatic heterocycles. The van der Waals surface area contributed by atoms with E-state index in [2.05, 4.69) is 0 Å². The Morgan fingerprint density at radius 3 is 1.13 bits per heavy atom. The Labute approximate surface area is 127 Å². The molecule has 120 valence electrons. The zero-order valence-electron chi connectivity index (χ0n) is 11.2. The van der Waals surface area contributed by atoms with E-state index in [-0.39, 0.29) is 0 Å². The Balaban J connectivity index is 2.48. The Bertz CT molecular complexity index is 696. The van der Waals surface area contributed by atoms with Gasteiger partial charge in [0.25, 0.3) is 0 Å². The third-order valence-electron chi connectivity index (χ3n) is 2.80. The summed E-state index contributed by atoms with van der Waals surface area (Å²) in [6.45, 7) is 0. The Hall–Kier alpha value is -3.62. The van der Waals surface area contributed by atoms with Crippen molar-refractivity contribution in [3.05, 3.63) is 35.4 Å². The highest BCUT2D eigenvalue weighted by Crippen LogP contribution is 2.46. The summed E-state index contributed by atoms with van der Waals surface area (Å²) in [5, 5.41) is 56.4. The number of aromatic hydroxyl groups is 4. The maximum atomic E-state index is 10.8. The molecule has 0 bridgehead atoms. The minimum Gasteiger partial charge on any atom is -0.504 e. The van der Waals surface area contributed by atoms with Crippen molar-refractivity contribution in [2.75, 3.05) is 0 Å². The molecule has 9 heteroatoms. The first kappa shape index (κ1) is 15.8.